The van der Waals surface area contributed by atoms with Crippen molar-refractivity contribution < 1.29 is 14.1 Å². The zero-order chi connectivity index (χ0) is 23.2. The Labute approximate surface area is 195 Å². The van der Waals surface area contributed by atoms with Gasteiger partial charge in [0.15, 0.2) is 5.76 Å². The first-order chi connectivity index (χ1) is 16.0. The lowest BCUT2D eigenvalue weighted by Crippen LogP contribution is -2.51. The van der Waals surface area contributed by atoms with Crippen LogP contribution in [-0.4, -0.2) is 73.1 Å². The minimum atomic E-state index is 0.0856. The van der Waals surface area contributed by atoms with E-state index in [9.17, 15) is 9.59 Å². The minimum Gasteiger partial charge on any atom is -0.367 e. The maximum Gasteiger partial charge on any atom is 0.222 e. The van der Waals surface area contributed by atoms with Crippen LogP contribution in [0.1, 0.15) is 31.2 Å². The van der Waals surface area contributed by atoms with Gasteiger partial charge in [0, 0.05) is 58.3 Å². The Morgan fingerprint density at radius 2 is 1.85 bits per heavy atom. The van der Waals surface area contributed by atoms with E-state index in [0.29, 0.717) is 51.0 Å². The van der Waals surface area contributed by atoms with Crippen LogP contribution in [0.4, 0.5) is 5.69 Å². The quantitative estimate of drug-likeness (QED) is 0.692. The van der Waals surface area contributed by atoms with Crippen LogP contribution in [0.5, 0.6) is 0 Å². The van der Waals surface area contributed by atoms with Crippen LogP contribution in [0.15, 0.2) is 40.9 Å². The SMILES string of the molecule is CC(=O)N1CCN(C(=O)C[C@H]2CCNC[C@@H]2Cc2cc(CN(C)c3ccccc3)on2)CC1. The number of para-hydroxylation sites is 1. The predicted molar refractivity (Wildman–Crippen MR) is 127 cm³/mol. The Morgan fingerprint density at radius 1 is 1.12 bits per heavy atom. The molecule has 3 heterocycles. The van der Waals surface area contributed by atoms with E-state index in [1.807, 2.05) is 41.1 Å². The van der Waals surface area contributed by atoms with Gasteiger partial charge in [0.1, 0.15) is 0 Å². The number of anilines is 1. The van der Waals surface area contributed by atoms with Gasteiger partial charge in [-0.05, 0) is 49.9 Å². The van der Waals surface area contributed by atoms with Gasteiger partial charge in [-0.2, -0.15) is 0 Å². The van der Waals surface area contributed by atoms with Gasteiger partial charge in [0.2, 0.25) is 11.8 Å². The highest BCUT2D eigenvalue weighted by Gasteiger charge is 2.31. The van der Waals surface area contributed by atoms with Crippen LogP contribution in [0.25, 0.3) is 0 Å². The van der Waals surface area contributed by atoms with Crippen molar-refractivity contribution in [1.29, 1.82) is 0 Å². The Balaban J connectivity index is 1.31. The summed E-state index contributed by atoms with van der Waals surface area (Å²) >= 11 is 0. The van der Waals surface area contributed by atoms with E-state index in [1.54, 1.807) is 6.92 Å². The second-order valence-electron chi connectivity index (χ2n) is 9.28. The van der Waals surface area contributed by atoms with Crippen molar-refractivity contribution in [3.8, 4) is 0 Å². The molecule has 178 valence electrons. The molecule has 1 N–H and O–H groups in total. The van der Waals surface area contributed by atoms with Gasteiger partial charge in [-0.25, -0.2) is 0 Å². The number of carbonyl (C=O) groups is 2. The fourth-order valence-corrected chi connectivity index (χ4v) is 4.91. The number of piperidine rings is 1. The highest BCUT2D eigenvalue weighted by atomic mass is 16.5. The Kier molecular flexibility index (Phi) is 7.65. The molecular weight excluding hydrogens is 418 g/mol. The molecule has 1 aromatic carbocycles. The number of rotatable bonds is 7. The maximum absolute atomic E-state index is 13.0. The molecule has 8 heteroatoms. The first-order valence-corrected chi connectivity index (χ1v) is 11.9. The molecule has 2 fully saturated rings. The molecule has 0 saturated carbocycles. The number of aromatic nitrogens is 1. The fourth-order valence-electron chi connectivity index (χ4n) is 4.91. The molecule has 0 bridgehead atoms. The normalized spacial score (nSPS) is 21.2. The fraction of sp³-hybridized carbons (Fsp3) is 0.560. The monoisotopic (exact) mass is 453 g/mol. The number of nitrogens with zero attached hydrogens (tertiary/aromatic N) is 4. The topological polar surface area (TPSA) is 81.9 Å². The molecule has 8 nitrogen and oxygen atoms in total. The number of piperazine rings is 1. The third-order valence-corrected chi connectivity index (χ3v) is 6.95. The highest BCUT2D eigenvalue weighted by molar-refractivity contribution is 5.77. The molecule has 2 amide bonds. The van der Waals surface area contributed by atoms with Crippen LogP contribution in [0, 0.1) is 11.8 Å². The highest BCUT2D eigenvalue weighted by Crippen LogP contribution is 2.27. The number of hydrogen-bond acceptors (Lipinski definition) is 6. The molecule has 4 rings (SSSR count). The number of amides is 2. The molecule has 2 aliphatic heterocycles. The van der Waals surface area contributed by atoms with Crippen molar-refractivity contribution in [2.45, 2.75) is 32.7 Å². The lowest BCUT2D eigenvalue weighted by molar-refractivity contribution is -0.139. The Hall–Kier alpha value is -2.87. The summed E-state index contributed by atoms with van der Waals surface area (Å²) in [6, 6.07) is 12.3. The summed E-state index contributed by atoms with van der Waals surface area (Å²) in [7, 11) is 2.04. The van der Waals surface area contributed by atoms with Gasteiger partial charge in [-0.15, -0.1) is 0 Å². The summed E-state index contributed by atoms with van der Waals surface area (Å²) in [6.07, 6.45) is 2.36. The molecule has 0 radical (unpaired) electrons. The standard InChI is InChI=1S/C25H35N5O3/c1-19(31)29-10-12-30(13-11-29)25(32)15-20-8-9-26-17-21(20)14-22-16-24(33-27-22)18-28(2)23-6-4-3-5-7-23/h3-7,16,20-21,26H,8-15,17-18H2,1-2H3/t20-,21+/m1/s1. The van der Waals surface area contributed by atoms with Crippen molar-refractivity contribution in [3.05, 3.63) is 47.9 Å². The summed E-state index contributed by atoms with van der Waals surface area (Å²) in [6.45, 7) is 6.62. The number of hydrogen-bond donors (Lipinski definition) is 1. The summed E-state index contributed by atoms with van der Waals surface area (Å²) in [5.41, 5.74) is 2.09. The average molecular weight is 454 g/mol. The molecule has 0 unspecified atom stereocenters. The van der Waals surface area contributed by atoms with Crippen LogP contribution < -0.4 is 10.2 Å². The molecule has 2 aliphatic rings. The van der Waals surface area contributed by atoms with Crippen molar-refractivity contribution in [2.75, 3.05) is 51.2 Å². The minimum absolute atomic E-state index is 0.0856. The van der Waals surface area contributed by atoms with Gasteiger partial charge < -0.3 is 24.5 Å². The van der Waals surface area contributed by atoms with Gasteiger partial charge in [-0.3, -0.25) is 9.59 Å². The summed E-state index contributed by atoms with van der Waals surface area (Å²) in [5.74, 6) is 1.82. The summed E-state index contributed by atoms with van der Waals surface area (Å²) in [5, 5.41) is 7.80. The molecule has 1 aromatic heterocycles. The zero-order valence-electron chi connectivity index (χ0n) is 19.7. The molecule has 2 aromatic rings. The van der Waals surface area contributed by atoms with Crippen LogP contribution in [0.3, 0.4) is 0 Å². The van der Waals surface area contributed by atoms with Crippen molar-refractivity contribution in [2.24, 2.45) is 11.8 Å². The Bertz CT molecular complexity index is 923. The van der Waals surface area contributed by atoms with E-state index in [4.69, 9.17) is 4.52 Å². The predicted octanol–water partition coefficient (Wildman–Crippen LogP) is 2.16. The number of carbonyl (C=O) groups excluding carboxylic acids is 2. The average Bonchev–Trinajstić information content (AvgIpc) is 3.27. The lowest BCUT2D eigenvalue weighted by Gasteiger charge is -2.37. The largest absolute Gasteiger partial charge is 0.367 e. The first-order valence-electron chi connectivity index (χ1n) is 11.9. The van der Waals surface area contributed by atoms with Crippen molar-refractivity contribution >= 4 is 17.5 Å². The molecule has 2 atom stereocenters. The van der Waals surface area contributed by atoms with E-state index in [0.717, 1.165) is 43.1 Å². The smallest absolute Gasteiger partial charge is 0.222 e. The lowest BCUT2D eigenvalue weighted by atomic mass is 9.81. The summed E-state index contributed by atoms with van der Waals surface area (Å²) in [4.78, 5) is 30.4. The second-order valence-corrected chi connectivity index (χ2v) is 9.28. The van der Waals surface area contributed by atoms with E-state index in [1.165, 1.54) is 0 Å². The van der Waals surface area contributed by atoms with Gasteiger partial charge >= 0.3 is 0 Å². The summed E-state index contributed by atoms with van der Waals surface area (Å²) < 4.78 is 5.62. The maximum atomic E-state index is 13.0. The van der Waals surface area contributed by atoms with Crippen molar-refractivity contribution in [3.63, 3.8) is 0 Å². The Morgan fingerprint density at radius 3 is 2.58 bits per heavy atom. The van der Waals surface area contributed by atoms with Crippen LogP contribution in [-0.2, 0) is 22.6 Å². The van der Waals surface area contributed by atoms with E-state index < -0.39 is 0 Å². The number of benzene rings is 1. The molecule has 33 heavy (non-hydrogen) atoms. The first kappa shape index (κ1) is 23.3. The third-order valence-electron chi connectivity index (χ3n) is 6.95. The van der Waals surface area contributed by atoms with Crippen LogP contribution >= 0.6 is 0 Å². The van der Waals surface area contributed by atoms with E-state index in [-0.39, 0.29) is 11.8 Å². The van der Waals surface area contributed by atoms with E-state index >= 15 is 0 Å². The van der Waals surface area contributed by atoms with E-state index in [2.05, 4.69) is 27.5 Å². The van der Waals surface area contributed by atoms with Gasteiger partial charge in [0.25, 0.3) is 0 Å². The number of nitrogens with one attached hydrogen (secondary N) is 1. The molecule has 0 aliphatic carbocycles. The van der Waals surface area contributed by atoms with Gasteiger partial charge in [-0.1, -0.05) is 23.4 Å². The zero-order valence-corrected chi connectivity index (χ0v) is 19.7. The molecular formula is C25H35N5O3. The second kappa shape index (κ2) is 10.8. The van der Waals surface area contributed by atoms with Crippen molar-refractivity contribution in [1.82, 2.24) is 20.3 Å². The third kappa shape index (κ3) is 6.13. The molecule has 0 spiro atoms. The van der Waals surface area contributed by atoms with Crippen LogP contribution in [0.2, 0.25) is 0 Å². The molecule has 2 saturated heterocycles. The van der Waals surface area contributed by atoms with Gasteiger partial charge in [0.05, 0.1) is 12.2 Å².